The van der Waals surface area contributed by atoms with Gasteiger partial charge in [0.2, 0.25) is 0 Å². The van der Waals surface area contributed by atoms with E-state index in [2.05, 4.69) is 264 Å². The molecule has 18 rings (SSSR count). The first kappa shape index (κ1) is 44.5. The predicted molar refractivity (Wildman–Crippen MR) is 318 cm³/mol. The molecule has 4 aliphatic heterocycles. The van der Waals surface area contributed by atoms with Gasteiger partial charge in [-0.05, 0) is 102 Å². The molecule has 360 valence electrons. The van der Waals surface area contributed by atoms with Gasteiger partial charge in [0, 0.05) is 56.0 Å². The summed E-state index contributed by atoms with van der Waals surface area (Å²) in [5.41, 5.74) is 17.1. The number of hydrogen-bond donors (Lipinski definition) is 0. The minimum Gasteiger partial charge on any atom is -0.351 e. The number of hydrogen-bond acceptors (Lipinski definition) is 2. The molecular weight excluding hydrogens is 1150 g/mol. The van der Waals surface area contributed by atoms with Crippen LogP contribution in [0, 0.1) is 12.1 Å². The molecule has 0 amide bonds. The molecule has 77 heavy (non-hydrogen) atoms. The minimum atomic E-state index is -2.54. The zero-order valence-corrected chi connectivity index (χ0v) is 45.6. The van der Waals surface area contributed by atoms with Gasteiger partial charge in [0.1, 0.15) is 16.1 Å². The summed E-state index contributed by atoms with van der Waals surface area (Å²) in [6.45, 7) is 0. The third-order valence-corrected chi connectivity index (χ3v) is 26.9. The summed E-state index contributed by atoms with van der Waals surface area (Å²) in [6.07, 6.45) is 3.86. The molecule has 0 atom stereocenters. The SMILES string of the molecule is [Pt+2].[c-]1cc(-n2c3ccccc3c3ccccc32)cc2c1-c1ncccc1[Si]21c2ccccc2-c2ccccc21.[c-]1cc(-n2c3ccccc3c3ccccc32)cc2c1-c1ncccc1[Si]21c2ccccc2-c2ccccc21. The Bertz CT molecular complexity index is 4280. The van der Waals surface area contributed by atoms with Crippen molar-refractivity contribution in [2.75, 3.05) is 0 Å². The number of rotatable bonds is 2. The molecule has 4 aliphatic rings. The maximum atomic E-state index is 4.95. The number of nitrogens with zero attached hydrogens (tertiary/aromatic N) is 4. The van der Waals surface area contributed by atoms with Crippen LogP contribution in [0.3, 0.4) is 0 Å². The number of benzene rings is 10. The molecule has 10 aromatic carbocycles. The first-order valence-corrected chi connectivity index (χ1v) is 30.1. The standard InChI is InChI=1S/2C35H21N2Si.Pt/c2*1-5-14-29-24(10-1)25-11-2-6-15-30(25)37(29)23-19-20-28-34(22-23)38(33-18-9-21-36-35(28)33)31-16-7-3-12-26(31)27-13-4-8-17-32(27)38;/h2*1-19,21-22H;/q2*-1;+2. The maximum Gasteiger partial charge on any atom is 2.00 e. The molecule has 0 unspecified atom stereocenters. The molecular formula is C70H42N4PtSi2. The molecule has 4 nitrogen and oxygen atoms in total. The Morgan fingerprint density at radius 2 is 0.584 bits per heavy atom. The Morgan fingerprint density at radius 1 is 0.299 bits per heavy atom. The van der Waals surface area contributed by atoms with E-state index in [9.17, 15) is 0 Å². The largest absolute Gasteiger partial charge is 2.00 e. The molecule has 0 N–H and O–H groups in total. The maximum absolute atomic E-state index is 4.95. The first-order chi connectivity index (χ1) is 37.7. The second-order valence-electron chi connectivity index (χ2n) is 20.5. The molecule has 0 aliphatic carbocycles. The molecule has 14 aromatic rings. The van der Waals surface area contributed by atoms with E-state index in [-0.39, 0.29) is 21.1 Å². The first-order valence-electron chi connectivity index (χ1n) is 26.1. The van der Waals surface area contributed by atoms with Crippen molar-refractivity contribution in [2.45, 2.75) is 0 Å². The number of para-hydroxylation sites is 4. The Kier molecular flexibility index (Phi) is 9.60. The van der Waals surface area contributed by atoms with Crippen molar-refractivity contribution in [2.24, 2.45) is 0 Å². The van der Waals surface area contributed by atoms with Crippen molar-refractivity contribution < 1.29 is 21.1 Å². The van der Waals surface area contributed by atoms with Gasteiger partial charge in [0.05, 0.1) is 0 Å². The van der Waals surface area contributed by atoms with Gasteiger partial charge in [-0.2, -0.15) is 0 Å². The minimum absolute atomic E-state index is 0. The van der Waals surface area contributed by atoms with E-state index in [4.69, 9.17) is 9.97 Å². The fraction of sp³-hybridized carbons (Fsp3) is 0. The zero-order valence-electron chi connectivity index (χ0n) is 41.4. The van der Waals surface area contributed by atoms with E-state index < -0.39 is 16.1 Å². The van der Waals surface area contributed by atoms with Crippen LogP contribution in [0.1, 0.15) is 0 Å². The molecule has 8 heterocycles. The van der Waals surface area contributed by atoms with Crippen LogP contribution in [-0.2, 0) is 21.1 Å². The molecule has 2 spiro atoms. The van der Waals surface area contributed by atoms with Gasteiger partial charge in [-0.25, -0.2) is 0 Å². The van der Waals surface area contributed by atoms with Gasteiger partial charge < -0.3 is 19.1 Å². The van der Waals surface area contributed by atoms with Crippen molar-refractivity contribution >= 4 is 101 Å². The van der Waals surface area contributed by atoms with Gasteiger partial charge in [-0.15, -0.1) is 57.9 Å². The van der Waals surface area contributed by atoms with Gasteiger partial charge in [-0.3, -0.25) is 0 Å². The summed E-state index contributed by atoms with van der Waals surface area (Å²) in [7, 11) is -5.08. The number of fused-ring (bicyclic) bond motifs is 26. The third-order valence-electron chi connectivity index (χ3n) is 17.1. The van der Waals surface area contributed by atoms with Crippen molar-refractivity contribution in [3.63, 3.8) is 0 Å². The van der Waals surface area contributed by atoms with Crippen LogP contribution >= 0.6 is 0 Å². The average Bonchev–Trinajstić information content (AvgIpc) is 3.93. The summed E-state index contributed by atoms with van der Waals surface area (Å²) >= 11 is 0. The molecule has 0 fully saturated rings. The fourth-order valence-electron chi connectivity index (χ4n) is 14.3. The zero-order chi connectivity index (χ0) is 49.7. The Balaban J connectivity index is 0.000000128. The topological polar surface area (TPSA) is 35.6 Å². The average molecular weight is 1190 g/mol. The van der Waals surface area contributed by atoms with E-state index in [1.165, 1.54) is 107 Å². The van der Waals surface area contributed by atoms with Gasteiger partial charge in [0.25, 0.3) is 0 Å². The molecule has 0 saturated carbocycles. The van der Waals surface area contributed by atoms with Crippen LogP contribution in [-0.4, -0.2) is 35.2 Å². The Hall–Kier alpha value is -8.78. The predicted octanol–water partition coefficient (Wildman–Crippen LogP) is 10.6. The van der Waals surface area contributed by atoms with Crippen molar-refractivity contribution in [3.8, 4) is 56.1 Å². The molecule has 0 bridgehead atoms. The van der Waals surface area contributed by atoms with Crippen LogP contribution in [0.2, 0.25) is 0 Å². The van der Waals surface area contributed by atoms with Crippen LogP contribution < -0.4 is 41.5 Å². The molecule has 7 heteroatoms. The van der Waals surface area contributed by atoms with E-state index in [1.807, 2.05) is 12.4 Å². The van der Waals surface area contributed by atoms with Crippen LogP contribution in [0.4, 0.5) is 0 Å². The van der Waals surface area contributed by atoms with Crippen molar-refractivity contribution in [1.29, 1.82) is 0 Å². The molecule has 0 radical (unpaired) electrons. The molecule has 4 aromatic heterocycles. The van der Waals surface area contributed by atoms with Gasteiger partial charge in [0.15, 0.2) is 0 Å². The van der Waals surface area contributed by atoms with Gasteiger partial charge >= 0.3 is 21.1 Å². The Labute approximate surface area is 461 Å². The van der Waals surface area contributed by atoms with Crippen LogP contribution in [0.15, 0.2) is 255 Å². The summed E-state index contributed by atoms with van der Waals surface area (Å²) < 4.78 is 4.82. The second kappa shape index (κ2) is 16.6. The van der Waals surface area contributed by atoms with Crippen LogP contribution in [0.25, 0.3) is 99.8 Å². The smallest absolute Gasteiger partial charge is 0.351 e. The molecule has 0 saturated heterocycles. The van der Waals surface area contributed by atoms with Gasteiger partial charge in [-0.1, -0.05) is 192 Å². The summed E-state index contributed by atoms with van der Waals surface area (Å²) in [4.78, 5) is 9.91. The van der Waals surface area contributed by atoms with Crippen LogP contribution in [0.5, 0.6) is 0 Å². The number of pyridine rings is 2. The quantitative estimate of drug-likeness (QED) is 0.128. The fourth-order valence-corrected chi connectivity index (χ4v) is 25.3. The third kappa shape index (κ3) is 5.74. The Morgan fingerprint density at radius 3 is 0.922 bits per heavy atom. The normalized spacial score (nSPS) is 13.8. The monoisotopic (exact) mass is 1190 g/mol. The summed E-state index contributed by atoms with van der Waals surface area (Å²) in [6, 6.07) is 96.6. The number of aromatic nitrogens is 4. The van der Waals surface area contributed by atoms with E-state index in [0.29, 0.717) is 0 Å². The van der Waals surface area contributed by atoms with E-state index in [0.717, 1.165) is 33.9 Å². The summed E-state index contributed by atoms with van der Waals surface area (Å²) in [5, 5.41) is 16.5. The second-order valence-corrected chi connectivity index (χ2v) is 27.8. The summed E-state index contributed by atoms with van der Waals surface area (Å²) in [5.74, 6) is 0. The van der Waals surface area contributed by atoms with E-state index in [1.54, 1.807) is 0 Å². The van der Waals surface area contributed by atoms with Crippen molar-refractivity contribution in [3.05, 3.63) is 267 Å². The van der Waals surface area contributed by atoms with Crippen molar-refractivity contribution in [1.82, 2.24) is 19.1 Å². The van der Waals surface area contributed by atoms with E-state index >= 15 is 0 Å².